The second kappa shape index (κ2) is 9.91. The molecule has 0 unspecified atom stereocenters. The summed E-state index contributed by atoms with van der Waals surface area (Å²) in [6.45, 7) is 3.87. The van der Waals surface area contributed by atoms with E-state index in [1.165, 1.54) is 6.26 Å². The number of hydrogen-bond donors (Lipinski definition) is 3. The average molecular weight is 370 g/mol. The van der Waals surface area contributed by atoms with Crippen LogP contribution >= 0.6 is 0 Å². The van der Waals surface area contributed by atoms with Crippen molar-refractivity contribution in [3.05, 3.63) is 54.0 Å². The quantitative estimate of drug-likeness (QED) is 0.393. The zero-order chi connectivity index (χ0) is 19.6. The molecule has 0 aliphatic heterocycles. The van der Waals surface area contributed by atoms with Crippen LogP contribution in [0, 0.1) is 0 Å². The van der Waals surface area contributed by atoms with E-state index in [4.69, 9.17) is 4.42 Å². The Hall–Kier alpha value is -3.42. The molecule has 3 amide bonds. The fourth-order valence-electron chi connectivity index (χ4n) is 2.14. The number of carbonyl (C=O) groups is 3. The molecule has 0 saturated carbocycles. The summed E-state index contributed by atoms with van der Waals surface area (Å²) in [4.78, 5) is 35.4. The highest BCUT2D eigenvalue weighted by atomic mass is 16.3. The summed E-state index contributed by atoms with van der Waals surface area (Å²) in [6.07, 6.45) is 2.39. The molecular weight excluding hydrogens is 348 g/mol. The SMILES string of the molecule is CCc1ccc(NC(=O)C(=O)NN=C(C)CC(=O)NCc2ccco2)cc1. The van der Waals surface area contributed by atoms with Gasteiger partial charge in [0.25, 0.3) is 0 Å². The van der Waals surface area contributed by atoms with Crippen LogP contribution in [0.3, 0.4) is 0 Å². The van der Waals surface area contributed by atoms with E-state index in [1.54, 1.807) is 31.2 Å². The summed E-state index contributed by atoms with van der Waals surface area (Å²) in [6, 6.07) is 10.7. The highest BCUT2D eigenvalue weighted by Crippen LogP contribution is 2.09. The normalized spacial score (nSPS) is 11.0. The van der Waals surface area contributed by atoms with Crippen LogP contribution in [-0.4, -0.2) is 23.4 Å². The van der Waals surface area contributed by atoms with Gasteiger partial charge in [0.15, 0.2) is 0 Å². The van der Waals surface area contributed by atoms with Crippen LogP contribution in [0.2, 0.25) is 0 Å². The largest absolute Gasteiger partial charge is 0.467 e. The third-order valence-electron chi connectivity index (χ3n) is 3.63. The molecule has 0 aliphatic carbocycles. The first kappa shape index (κ1) is 19.9. The molecule has 0 bridgehead atoms. The summed E-state index contributed by atoms with van der Waals surface area (Å²) in [5, 5.41) is 8.92. The number of hydrogen-bond acceptors (Lipinski definition) is 5. The van der Waals surface area contributed by atoms with E-state index >= 15 is 0 Å². The molecule has 27 heavy (non-hydrogen) atoms. The van der Waals surface area contributed by atoms with Gasteiger partial charge in [0.1, 0.15) is 5.76 Å². The molecule has 0 spiro atoms. The second-order valence-electron chi connectivity index (χ2n) is 5.83. The Labute approximate surface area is 157 Å². The Morgan fingerprint density at radius 1 is 1.07 bits per heavy atom. The topological polar surface area (TPSA) is 113 Å². The molecule has 0 atom stereocenters. The van der Waals surface area contributed by atoms with Crippen LogP contribution in [0.1, 0.15) is 31.6 Å². The summed E-state index contributed by atoms with van der Waals surface area (Å²) >= 11 is 0. The molecule has 142 valence electrons. The van der Waals surface area contributed by atoms with Gasteiger partial charge < -0.3 is 15.1 Å². The predicted molar refractivity (Wildman–Crippen MR) is 101 cm³/mol. The highest BCUT2D eigenvalue weighted by Gasteiger charge is 2.13. The van der Waals surface area contributed by atoms with Gasteiger partial charge in [0.2, 0.25) is 5.91 Å². The van der Waals surface area contributed by atoms with Crippen LogP contribution in [0.15, 0.2) is 52.2 Å². The molecule has 2 rings (SSSR count). The van der Waals surface area contributed by atoms with Crippen molar-refractivity contribution in [3.8, 4) is 0 Å². The first-order valence-corrected chi connectivity index (χ1v) is 8.50. The number of hydrazone groups is 1. The van der Waals surface area contributed by atoms with Crippen molar-refractivity contribution in [3.63, 3.8) is 0 Å². The van der Waals surface area contributed by atoms with Crippen LogP contribution in [0.4, 0.5) is 5.69 Å². The van der Waals surface area contributed by atoms with Crippen molar-refractivity contribution in [1.29, 1.82) is 0 Å². The maximum atomic E-state index is 11.9. The minimum Gasteiger partial charge on any atom is -0.467 e. The number of amides is 3. The van der Waals surface area contributed by atoms with E-state index in [2.05, 4.69) is 21.2 Å². The van der Waals surface area contributed by atoms with Gasteiger partial charge in [-0.15, -0.1) is 0 Å². The fraction of sp³-hybridized carbons (Fsp3) is 0.263. The predicted octanol–water partition coefficient (Wildman–Crippen LogP) is 1.98. The number of nitrogens with one attached hydrogen (secondary N) is 3. The maximum absolute atomic E-state index is 11.9. The van der Waals surface area contributed by atoms with E-state index in [9.17, 15) is 14.4 Å². The van der Waals surface area contributed by atoms with Gasteiger partial charge in [0.05, 0.1) is 19.2 Å². The lowest BCUT2D eigenvalue weighted by Gasteiger charge is -2.06. The van der Waals surface area contributed by atoms with E-state index in [0.29, 0.717) is 17.2 Å². The number of benzene rings is 1. The summed E-state index contributed by atoms with van der Waals surface area (Å²) in [5.41, 5.74) is 4.15. The summed E-state index contributed by atoms with van der Waals surface area (Å²) in [5.74, 6) is -1.39. The fourth-order valence-corrected chi connectivity index (χ4v) is 2.14. The van der Waals surface area contributed by atoms with E-state index < -0.39 is 11.8 Å². The van der Waals surface area contributed by atoms with Gasteiger partial charge in [-0.05, 0) is 43.2 Å². The first-order chi connectivity index (χ1) is 13.0. The summed E-state index contributed by atoms with van der Waals surface area (Å²) < 4.78 is 5.11. The van der Waals surface area contributed by atoms with Gasteiger partial charge in [-0.3, -0.25) is 14.4 Å². The number of carbonyl (C=O) groups excluding carboxylic acids is 3. The van der Waals surface area contributed by atoms with Crippen LogP contribution < -0.4 is 16.1 Å². The van der Waals surface area contributed by atoms with Gasteiger partial charge in [-0.1, -0.05) is 19.1 Å². The molecule has 8 heteroatoms. The summed E-state index contributed by atoms with van der Waals surface area (Å²) in [7, 11) is 0. The number of aryl methyl sites for hydroxylation is 1. The monoisotopic (exact) mass is 370 g/mol. The van der Waals surface area contributed by atoms with Crippen LogP contribution in [0.5, 0.6) is 0 Å². The molecule has 8 nitrogen and oxygen atoms in total. The van der Waals surface area contributed by atoms with Crippen molar-refractivity contribution in [2.24, 2.45) is 5.10 Å². The molecule has 0 fully saturated rings. The number of anilines is 1. The maximum Gasteiger partial charge on any atom is 0.329 e. The number of rotatable bonds is 7. The zero-order valence-electron chi connectivity index (χ0n) is 15.2. The zero-order valence-corrected chi connectivity index (χ0v) is 15.2. The highest BCUT2D eigenvalue weighted by molar-refractivity contribution is 6.39. The van der Waals surface area contributed by atoms with Crippen molar-refractivity contribution >= 4 is 29.1 Å². The molecular formula is C19H22N4O4. The minimum absolute atomic E-state index is 0.0128. The number of nitrogens with zero attached hydrogens (tertiary/aromatic N) is 1. The molecule has 0 saturated heterocycles. The number of furan rings is 1. The van der Waals surface area contributed by atoms with Crippen LogP contribution in [-0.2, 0) is 27.3 Å². The molecule has 2 aromatic rings. The average Bonchev–Trinajstić information content (AvgIpc) is 3.18. The molecule has 1 aromatic heterocycles. The Kier molecular flexibility index (Phi) is 7.30. The smallest absolute Gasteiger partial charge is 0.329 e. The van der Waals surface area contributed by atoms with E-state index in [0.717, 1.165) is 12.0 Å². The molecule has 0 aliphatic rings. The lowest BCUT2D eigenvalue weighted by Crippen LogP contribution is -2.33. The van der Waals surface area contributed by atoms with Gasteiger partial charge >= 0.3 is 11.8 Å². The lowest BCUT2D eigenvalue weighted by atomic mass is 10.1. The first-order valence-electron chi connectivity index (χ1n) is 8.50. The molecule has 0 radical (unpaired) electrons. The van der Waals surface area contributed by atoms with Crippen molar-refractivity contribution in [2.75, 3.05) is 5.32 Å². The van der Waals surface area contributed by atoms with Gasteiger partial charge in [0, 0.05) is 11.4 Å². The van der Waals surface area contributed by atoms with Crippen molar-refractivity contribution in [1.82, 2.24) is 10.7 Å². The minimum atomic E-state index is -0.912. The Morgan fingerprint density at radius 3 is 2.44 bits per heavy atom. The second-order valence-corrected chi connectivity index (χ2v) is 5.83. The van der Waals surface area contributed by atoms with E-state index in [1.807, 2.05) is 19.1 Å². The molecule has 3 N–H and O–H groups in total. The molecule has 1 aromatic carbocycles. The van der Waals surface area contributed by atoms with Crippen molar-refractivity contribution < 1.29 is 18.8 Å². The third-order valence-corrected chi connectivity index (χ3v) is 3.63. The Bertz CT molecular complexity index is 811. The van der Waals surface area contributed by atoms with Crippen LogP contribution in [0.25, 0.3) is 0 Å². The van der Waals surface area contributed by atoms with E-state index in [-0.39, 0.29) is 18.9 Å². The Balaban J connectivity index is 1.76. The molecule has 1 heterocycles. The Morgan fingerprint density at radius 2 is 1.81 bits per heavy atom. The van der Waals surface area contributed by atoms with Gasteiger partial charge in [-0.2, -0.15) is 5.10 Å². The lowest BCUT2D eigenvalue weighted by molar-refractivity contribution is -0.136. The third kappa shape index (κ3) is 6.77. The standard InChI is InChI=1S/C19H22N4O4/c1-3-14-6-8-15(9-7-14)21-18(25)19(26)23-22-13(2)11-17(24)20-12-16-5-4-10-27-16/h4-10H,3,11-12H2,1-2H3,(H,20,24)(H,21,25)(H,23,26). The van der Waals surface area contributed by atoms with Gasteiger partial charge in [-0.25, -0.2) is 5.43 Å². The van der Waals surface area contributed by atoms with Crippen molar-refractivity contribution in [2.45, 2.75) is 33.2 Å².